The third-order valence-corrected chi connectivity index (χ3v) is 3.72. The Kier molecular flexibility index (Phi) is 4.59. The van der Waals surface area contributed by atoms with Crippen molar-refractivity contribution in [3.63, 3.8) is 0 Å². The van der Waals surface area contributed by atoms with E-state index in [1.807, 2.05) is 17.9 Å². The van der Waals surface area contributed by atoms with Crippen molar-refractivity contribution in [2.75, 3.05) is 38.5 Å². The topological polar surface area (TPSA) is 73.4 Å². The van der Waals surface area contributed by atoms with Gasteiger partial charge in [-0.2, -0.15) is 5.26 Å². The molecular weight excluding hydrogens is 252 g/mol. The van der Waals surface area contributed by atoms with Gasteiger partial charge in [-0.15, -0.1) is 0 Å². The van der Waals surface area contributed by atoms with Gasteiger partial charge in [-0.25, -0.2) is 0 Å². The highest BCUT2D eigenvalue weighted by atomic mass is 16.2. The smallest absolute Gasteiger partial charge is 0.253 e. The molecule has 1 fully saturated rings. The van der Waals surface area contributed by atoms with Crippen molar-refractivity contribution >= 4 is 11.6 Å². The van der Waals surface area contributed by atoms with Gasteiger partial charge in [0, 0.05) is 50.4 Å². The molecule has 1 amide bonds. The fraction of sp³-hybridized carbons (Fsp3) is 0.467. The Balaban J connectivity index is 1.94. The molecule has 0 atom stereocenters. The summed E-state index contributed by atoms with van der Waals surface area (Å²) in [6.45, 7) is 5.80. The van der Waals surface area contributed by atoms with Crippen LogP contribution < -0.4 is 5.73 Å². The van der Waals surface area contributed by atoms with Gasteiger partial charge in [-0.1, -0.05) is 0 Å². The van der Waals surface area contributed by atoms with E-state index in [9.17, 15) is 4.79 Å². The molecule has 1 aromatic carbocycles. The van der Waals surface area contributed by atoms with Gasteiger partial charge >= 0.3 is 0 Å². The molecule has 1 heterocycles. The van der Waals surface area contributed by atoms with Crippen molar-refractivity contribution in [3.8, 4) is 6.07 Å². The van der Waals surface area contributed by atoms with E-state index in [1.54, 1.807) is 12.1 Å². The van der Waals surface area contributed by atoms with E-state index in [-0.39, 0.29) is 5.91 Å². The van der Waals surface area contributed by atoms with Crippen LogP contribution in [0.1, 0.15) is 22.3 Å². The van der Waals surface area contributed by atoms with Gasteiger partial charge in [0.1, 0.15) is 0 Å². The zero-order valence-electron chi connectivity index (χ0n) is 11.8. The van der Waals surface area contributed by atoms with Gasteiger partial charge in [0.25, 0.3) is 5.91 Å². The average molecular weight is 272 g/mol. The van der Waals surface area contributed by atoms with Crippen LogP contribution in [-0.2, 0) is 0 Å². The summed E-state index contributed by atoms with van der Waals surface area (Å²) in [4.78, 5) is 16.5. The molecule has 0 radical (unpaired) electrons. The molecule has 1 aliphatic rings. The summed E-state index contributed by atoms with van der Waals surface area (Å²) in [5.41, 5.74) is 8.12. The lowest BCUT2D eigenvalue weighted by molar-refractivity contribution is 0.0639. The molecule has 1 aromatic rings. The van der Waals surface area contributed by atoms with E-state index in [0.717, 1.165) is 25.2 Å². The van der Waals surface area contributed by atoms with Gasteiger partial charge in [-0.3, -0.25) is 9.69 Å². The number of nitrogen functional groups attached to an aromatic ring is 1. The number of aryl methyl sites for hydroxylation is 1. The summed E-state index contributed by atoms with van der Waals surface area (Å²) in [6.07, 6.45) is 0.547. The molecule has 5 nitrogen and oxygen atoms in total. The van der Waals surface area contributed by atoms with E-state index in [2.05, 4.69) is 11.0 Å². The van der Waals surface area contributed by atoms with Crippen LogP contribution in [0.2, 0.25) is 0 Å². The standard InChI is InChI=1S/C15H20N4O/c1-12-11-13(3-4-14(12)17)15(20)19-9-7-18(8-10-19)6-2-5-16/h3-4,11H,2,6-10,17H2,1H3. The molecule has 1 aliphatic heterocycles. The molecule has 20 heavy (non-hydrogen) atoms. The zero-order valence-corrected chi connectivity index (χ0v) is 11.8. The first-order chi connectivity index (χ1) is 9.61. The highest BCUT2D eigenvalue weighted by molar-refractivity contribution is 5.95. The molecule has 2 rings (SSSR count). The number of hydrogen-bond donors (Lipinski definition) is 1. The van der Waals surface area contributed by atoms with E-state index in [4.69, 9.17) is 11.0 Å². The maximum Gasteiger partial charge on any atom is 0.253 e. The minimum atomic E-state index is 0.0630. The molecule has 0 aliphatic carbocycles. The third-order valence-electron chi connectivity index (χ3n) is 3.72. The van der Waals surface area contributed by atoms with Gasteiger partial charge < -0.3 is 10.6 Å². The molecule has 0 unspecified atom stereocenters. The minimum absolute atomic E-state index is 0.0630. The number of nitrogens with zero attached hydrogens (tertiary/aromatic N) is 3. The van der Waals surface area contributed by atoms with Crippen molar-refractivity contribution in [3.05, 3.63) is 29.3 Å². The third kappa shape index (κ3) is 3.28. The van der Waals surface area contributed by atoms with E-state index < -0.39 is 0 Å². The lowest BCUT2D eigenvalue weighted by Crippen LogP contribution is -2.48. The molecule has 0 aromatic heterocycles. The lowest BCUT2D eigenvalue weighted by atomic mass is 10.1. The van der Waals surface area contributed by atoms with Crippen LogP contribution in [-0.4, -0.2) is 48.4 Å². The average Bonchev–Trinajstić information content (AvgIpc) is 2.48. The molecule has 2 N–H and O–H groups in total. The Morgan fingerprint density at radius 3 is 2.65 bits per heavy atom. The first-order valence-electron chi connectivity index (χ1n) is 6.86. The van der Waals surface area contributed by atoms with Crippen LogP contribution in [0, 0.1) is 18.3 Å². The number of nitriles is 1. The summed E-state index contributed by atoms with van der Waals surface area (Å²) < 4.78 is 0. The van der Waals surface area contributed by atoms with Gasteiger partial charge in [0.15, 0.2) is 0 Å². The molecular formula is C15H20N4O. The predicted octanol–water partition coefficient (Wildman–Crippen LogP) is 1.25. The van der Waals surface area contributed by atoms with Crippen molar-refractivity contribution in [2.24, 2.45) is 0 Å². The molecule has 0 saturated carbocycles. The summed E-state index contributed by atoms with van der Waals surface area (Å²) in [5, 5.41) is 8.58. The second-order valence-electron chi connectivity index (χ2n) is 5.11. The van der Waals surface area contributed by atoms with Gasteiger partial charge in [0.05, 0.1) is 6.07 Å². The number of hydrogen-bond acceptors (Lipinski definition) is 4. The fourth-order valence-corrected chi connectivity index (χ4v) is 2.37. The Morgan fingerprint density at radius 2 is 2.05 bits per heavy atom. The summed E-state index contributed by atoms with van der Waals surface area (Å²) in [6, 6.07) is 7.57. The first kappa shape index (κ1) is 14.4. The number of benzene rings is 1. The SMILES string of the molecule is Cc1cc(C(=O)N2CCN(CCC#N)CC2)ccc1N. The van der Waals surface area contributed by atoms with Crippen molar-refractivity contribution in [2.45, 2.75) is 13.3 Å². The number of rotatable bonds is 3. The second kappa shape index (κ2) is 6.40. The number of nitrogens with two attached hydrogens (primary N) is 1. The summed E-state index contributed by atoms with van der Waals surface area (Å²) in [7, 11) is 0. The minimum Gasteiger partial charge on any atom is -0.399 e. The number of piperazine rings is 1. The van der Waals surface area contributed by atoms with Crippen LogP contribution in [0.5, 0.6) is 0 Å². The number of anilines is 1. The van der Waals surface area contributed by atoms with Crippen LogP contribution in [0.15, 0.2) is 18.2 Å². The van der Waals surface area contributed by atoms with Crippen molar-refractivity contribution in [1.82, 2.24) is 9.80 Å². The molecule has 0 spiro atoms. The van der Waals surface area contributed by atoms with Crippen LogP contribution >= 0.6 is 0 Å². The zero-order chi connectivity index (χ0) is 14.5. The molecule has 106 valence electrons. The maximum absolute atomic E-state index is 12.4. The molecule has 1 saturated heterocycles. The van der Waals surface area contributed by atoms with Crippen molar-refractivity contribution < 1.29 is 4.79 Å². The molecule has 0 bridgehead atoms. The summed E-state index contributed by atoms with van der Waals surface area (Å²) in [5.74, 6) is 0.0630. The van der Waals surface area contributed by atoms with E-state index in [0.29, 0.717) is 30.8 Å². The fourth-order valence-electron chi connectivity index (χ4n) is 2.37. The summed E-state index contributed by atoms with van der Waals surface area (Å²) >= 11 is 0. The molecule has 5 heteroatoms. The maximum atomic E-state index is 12.4. The monoisotopic (exact) mass is 272 g/mol. The second-order valence-corrected chi connectivity index (χ2v) is 5.11. The normalized spacial score (nSPS) is 15.9. The van der Waals surface area contributed by atoms with E-state index >= 15 is 0 Å². The Labute approximate surface area is 119 Å². The van der Waals surface area contributed by atoms with Crippen LogP contribution in [0.25, 0.3) is 0 Å². The largest absolute Gasteiger partial charge is 0.399 e. The highest BCUT2D eigenvalue weighted by Crippen LogP contribution is 2.15. The first-order valence-corrected chi connectivity index (χ1v) is 6.86. The quantitative estimate of drug-likeness (QED) is 0.840. The highest BCUT2D eigenvalue weighted by Gasteiger charge is 2.21. The Bertz CT molecular complexity index is 527. The number of amides is 1. The Hall–Kier alpha value is -2.06. The van der Waals surface area contributed by atoms with Crippen LogP contribution in [0.3, 0.4) is 0 Å². The Morgan fingerprint density at radius 1 is 1.35 bits per heavy atom. The predicted molar refractivity (Wildman–Crippen MR) is 78.2 cm³/mol. The van der Waals surface area contributed by atoms with Crippen molar-refractivity contribution in [1.29, 1.82) is 5.26 Å². The van der Waals surface area contributed by atoms with Gasteiger partial charge in [-0.05, 0) is 30.7 Å². The van der Waals surface area contributed by atoms with Crippen LogP contribution in [0.4, 0.5) is 5.69 Å². The number of carbonyl (C=O) groups excluding carboxylic acids is 1. The van der Waals surface area contributed by atoms with E-state index in [1.165, 1.54) is 0 Å². The van der Waals surface area contributed by atoms with Gasteiger partial charge in [0.2, 0.25) is 0 Å². The lowest BCUT2D eigenvalue weighted by Gasteiger charge is -2.34. The number of carbonyl (C=O) groups is 1.